The number of anilines is 3. The van der Waals surface area contributed by atoms with Crippen LogP contribution in [0.25, 0.3) is 16.8 Å². The summed E-state index contributed by atoms with van der Waals surface area (Å²) in [5, 5.41) is 7.98. The SMILES string of the molecule is CN(c1ccccc1-c1ccc2cnc(Nc3ccc(CN4CCCC4)cc3)nn12)S(C)(=O)=O. The van der Waals surface area contributed by atoms with Crippen LogP contribution in [0.3, 0.4) is 0 Å². The van der Waals surface area contributed by atoms with Crippen LogP contribution in [0, 0.1) is 0 Å². The van der Waals surface area contributed by atoms with E-state index in [1.165, 1.54) is 42.1 Å². The maximum atomic E-state index is 12.2. The van der Waals surface area contributed by atoms with Crippen molar-refractivity contribution in [3.05, 3.63) is 72.4 Å². The minimum atomic E-state index is -3.41. The first-order valence-electron chi connectivity index (χ1n) is 11.3. The van der Waals surface area contributed by atoms with Crippen molar-refractivity contribution in [3.63, 3.8) is 0 Å². The summed E-state index contributed by atoms with van der Waals surface area (Å²) >= 11 is 0. The summed E-state index contributed by atoms with van der Waals surface area (Å²) in [6.45, 7) is 3.34. The average Bonchev–Trinajstić information content (AvgIpc) is 3.49. The molecule has 0 saturated carbocycles. The fourth-order valence-corrected chi connectivity index (χ4v) is 4.84. The number of likely N-dealkylation sites (tertiary alicyclic amines) is 1. The topological polar surface area (TPSA) is 82.8 Å². The number of para-hydroxylation sites is 1. The largest absolute Gasteiger partial charge is 0.323 e. The summed E-state index contributed by atoms with van der Waals surface area (Å²) in [7, 11) is -1.85. The Bertz CT molecular complexity index is 1410. The Kier molecular flexibility index (Phi) is 5.97. The molecule has 4 aromatic rings. The number of sulfonamides is 1. The third kappa shape index (κ3) is 4.62. The number of fused-ring (bicyclic) bond motifs is 1. The summed E-state index contributed by atoms with van der Waals surface area (Å²) in [4.78, 5) is 6.93. The van der Waals surface area contributed by atoms with Crippen LogP contribution >= 0.6 is 0 Å². The van der Waals surface area contributed by atoms with Gasteiger partial charge < -0.3 is 5.32 Å². The van der Waals surface area contributed by atoms with E-state index in [4.69, 9.17) is 5.10 Å². The fraction of sp³-hybridized carbons (Fsp3) is 0.280. The van der Waals surface area contributed by atoms with Crippen LogP contribution in [-0.2, 0) is 16.6 Å². The zero-order valence-corrected chi connectivity index (χ0v) is 20.2. The molecule has 2 aromatic heterocycles. The molecule has 1 aliphatic heterocycles. The van der Waals surface area contributed by atoms with Gasteiger partial charge in [-0.2, -0.15) is 0 Å². The highest BCUT2D eigenvalue weighted by molar-refractivity contribution is 7.92. The molecule has 0 atom stereocenters. The molecular formula is C25H28N6O2S. The molecule has 0 spiro atoms. The molecule has 0 unspecified atom stereocenters. The normalized spacial score (nSPS) is 14.5. The zero-order valence-electron chi connectivity index (χ0n) is 19.3. The third-order valence-electron chi connectivity index (χ3n) is 6.23. The predicted molar refractivity (Wildman–Crippen MR) is 136 cm³/mol. The highest BCUT2D eigenvalue weighted by atomic mass is 32.2. The highest BCUT2D eigenvalue weighted by Crippen LogP contribution is 2.32. The molecule has 1 fully saturated rings. The van der Waals surface area contributed by atoms with Gasteiger partial charge >= 0.3 is 0 Å². The highest BCUT2D eigenvalue weighted by Gasteiger charge is 2.19. The summed E-state index contributed by atoms with van der Waals surface area (Å²) in [5.41, 5.74) is 5.17. The van der Waals surface area contributed by atoms with E-state index in [0.29, 0.717) is 11.6 Å². The standard InChI is InChI=1S/C25H28N6O2S/c1-29(34(2,32)33)23-8-4-3-7-22(23)24-14-13-21-17-26-25(28-31(21)24)27-20-11-9-19(10-12-20)18-30-15-5-6-16-30/h3-4,7-14,17H,5-6,15-16,18H2,1-2H3,(H,27,28). The van der Waals surface area contributed by atoms with E-state index in [0.717, 1.165) is 29.0 Å². The quantitative estimate of drug-likeness (QED) is 0.432. The lowest BCUT2D eigenvalue weighted by Crippen LogP contribution is -2.25. The van der Waals surface area contributed by atoms with Gasteiger partial charge in [0.25, 0.3) is 0 Å². The molecule has 1 N–H and O–H groups in total. The maximum absolute atomic E-state index is 12.2. The van der Waals surface area contributed by atoms with Crippen molar-refractivity contribution in [2.24, 2.45) is 0 Å². The van der Waals surface area contributed by atoms with Crippen LogP contribution in [-0.4, -0.2) is 54.3 Å². The first-order valence-corrected chi connectivity index (χ1v) is 13.2. The minimum absolute atomic E-state index is 0.464. The van der Waals surface area contributed by atoms with E-state index >= 15 is 0 Å². The third-order valence-corrected chi connectivity index (χ3v) is 7.42. The molecular weight excluding hydrogens is 448 g/mol. The van der Waals surface area contributed by atoms with Gasteiger partial charge in [-0.1, -0.05) is 30.3 Å². The van der Waals surface area contributed by atoms with Gasteiger partial charge in [0.15, 0.2) is 0 Å². The maximum Gasteiger partial charge on any atom is 0.245 e. The van der Waals surface area contributed by atoms with Crippen molar-refractivity contribution in [1.29, 1.82) is 0 Å². The number of nitrogens with one attached hydrogen (secondary N) is 1. The Balaban J connectivity index is 1.42. The number of hydrogen-bond donors (Lipinski definition) is 1. The van der Waals surface area contributed by atoms with Crippen molar-refractivity contribution in [2.75, 3.05) is 36.0 Å². The molecule has 176 valence electrons. The van der Waals surface area contributed by atoms with Gasteiger partial charge in [0.1, 0.15) is 0 Å². The molecule has 8 nitrogen and oxygen atoms in total. The lowest BCUT2D eigenvalue weighted by atomic mass is 10.1. The lowest BCUT2D eigenvalue weighted by molar-refractivity contribution is 0.331. The van der Waals surface area contributed by atoms with Gasteiger partial charge in [0.2, 0.25) is 16.0 Å². The molecule has 0 aliphatic carbocycles. The van der Waals surface area contributed by atoms with Crippen LogP contribution in [0.15, 0.2) is 66.9 Å². The van der Waals surface area contributed by atoms with E-state index in [-0.39, 0.29) is 0 Å². The Labute approximate surface area is 199 Å². The number of aromatic nitrogens is 3. The second-order valence-corrected chi connectivity index (χ2v) is 10.7. The summed E-state index contributed by atoms with van der Waals surface area (Å²) in [6.07, 6.45) is 5.52. The molecule has 0 bridgehead atoms. The average molecular weight is 477 g/mol. The van der Waals surface area contributed by atoms with Gasteiger partial charge in [-0.15, -0.1) is 5.10 Å². The first kappa shape index (κ1) is 22.4. The summed E-state index contributed by atoms with van der Waals surface area (Å²) < 4.78 is 27.4. The van der Waals surface area contributed by atoms with Crippen molar-refractivity contribution < 1.29 is 8.42 Å². The second-order valence-electron chi connectivity index (χ2n) is 8.69. The predicted octanol–water partition coefficient (Wildman–Crippen LogP) is 4.13. The molecule has 1 saturated heterocycles. The van der Waals surface area contributed by atoms with Gasteiger partial charge in [-0.3, -0.25) is 9.21 Å². The van der Waals surface area contributed by atoms with Gasteiger partial charge in [-0.05, 0) is 61.8 Å². The molecule has 9 heteroatoms. The molecule has 2 aromatic carbocycles. The molecule has 0 amide bonds. The van der Waals surface area contributed by atoms with Gasteiger partial charge in [0, 0.05) is 24.8 Å². The van der Waals surface area contributed by atoms with Crippen LogP contribution in [0.2, 0.25) is 0 Å². The Morgan fingerprint density at radius 2 is 1.74 bits per heavy atom. The van der Waals surface area contributed by atoms with E-state index < -0.39 is 10.0 Å². The van der Waals surface area contributed by atoms with Crippen LogP contribution in [0.1, 0.15) is 18.4 Å². The summed E-state index contributed by atoms with van der Waals surface area (Å²) in [6, 6.07) is 19.6. The van der Waals surface area contributed by atoms with E-state index in [9.17, 15) is 8.42 Å². The number of benzene rings is 2. The van der Waals surface area contributed by atoms with E-state index in [1.807, 2.05) is 42.5 Å². The Morgan fingerprint density at radius 1 is 1.00 bits per heavy atom. The van der Waals surface area contributed by atoms with Crippen molar-refractivity contribution >= 4 is 32.9 Å². The summed E-state index contributed by atoms with van der Waals surface area (Å²) in [5.74, 6) is 0.464. The number of nitrogens with zero attached hydrogens (tertiary/aromatic N) is 5. The van der Waals surface area contributed by atoms with Crippen molar-refractivity contribution in [2.45, 2.75) is 19.4 Å². The van der Waals surface area contributed by atoms with Crippen LogP contribution in [0.5, 0.6) is 0 Å². The monoisotopic (exact) mass is 476 g/mol. The van der Waals surface area contributed by atoms with Gasteiger partial charge in [-0.25, -0.2) is 17.9 Å². The smallest absolute Gasteiger partial charge is 0.245 e. The Hall–Kier alpha value is -3.43. The lowest BCUT2D eigenvalue weighted by Gasteiger charge is -2.20. The molecule has 34 heavy (non-hydrogen) atoms. The molecule has 1 aliphatic rings. The fourth-order valence-electron chi connectivity index (χ4n) is 4.33. The van der Waals surface area contributed by atoms with Crippen molar-refractivity contribution in [3.8, 4) is 11.3 Å². The Morgan fingerprint density at radius 3 is 2.47 bits per heavy atom. The minimum Gasteiger partial charge on any atom is -0.323 e. The van der Waals surface area contributed by atoms with E-state index in [2.05, 4.69) is 27.3 Å². The van der Waals surface area contributed by atoms with Gasteiger partial charge in [0.05, 0.1) is 29.4 Å². The number of hydrogen-bond acceptors (Lipinski definition) is 6. The first-order chi connectivity index (χ1) is 16.4. The van der Waals surface area contributed by atoms with E-state index in [1.54, 1.807) is 23.8 Å². The van der Waals surface area contributed by atoms with Crippen LogP contribution < -0.4 is 9.62 Å². The molecule has 3 heterocycles. The second kappa shape index (κ2) is 9.08. The zero-order chi connectivity index (χ0) is 23.7. The van der Waals surface area contributed by atoms with Crippen LogP contribution in [0.4, 0.5) is 17.3 Å². The number of rotatable bonds is 7. The molecule has 5 rings (SSSR count). The molecule has 0 radical (unpaired) electrons. The van der Waals surface area contributed by atoms with Crippen molar-refractivity contribution in [1.82, 2.24) is 19.5 Å².